The molecule has 0 radical (unpaired) electrons. The number of esters is 2. The van der Waals surface area contributed by atoms with Crippen LogP contribution in [0.15, 0.2) is 48.8 Å². The highest BCUT2D eigenvalue weighted by atomic mass is 16.5. The summed E-state index contributed by atoms with van der Waals surface area (Å²) < 4.78 is 11.1. The topological polar surface area (TPSA) is 148 Å². The average Bonchev–Trinajstić information content (AvgIpc) is 3.51. The molecular formula is C30H36N4O7. The normalized spacial score (nSPS) is 12.0. The quantitative estimate of drug-likeness (QED) is 0.142. The number of likely N-dealkylation sites (N-methyl/N-ethyl adjacent to an activating group) is 2. The number of hydrogen-bond acceptors (Lipinski definition) is 8. The fourth-order valence-electron chi connectivity index (χ4n) is 4.70. The summed E-state index contributed by atoms with van der Waals surface area (Å²) >= 11 is 0. The number of nitrogens with zero attached hydrogens (tertiary/aromatic N) is 2. The molecule has 2 heterocycles. The molecule has 0 bridgehead atoms. The number of fused-ring (bicyclic) bond motifs is 2. The minimum absolute atomic E-state index is 0.238. The van der Waals surface area contributed by atoms with Crippen molar-refractivity contribution >= 4 is 39.7 Å². The Morgan fingerprint density at radius 1 is 0.756 bits per heavy atom. The zero-order valence-electron chi connectivity index (χ0n) is 23.7. The summed E-state index contributed by atoms with van der Waals surface area (Å²) in [6.45, 7) is 1.54. The molecule has 218 valence electrons. The van der Waals surface area contributed by atoms with Crippen LogP contribution in [0, 0.1) is 0 Å². The van der Waals surface area contributed by atoms with Crippen molar-refractivity contribution in [2.75, 3.05) is 41.3 Å². The van der Waals surface area contributed by atoms with Crippen LogP contribution in [0.3, 0.4) is 0 Å². The van der Waals surface area contributed by atoms with E-state index in [1.54, 1.807) is 24.3 Å². The maximum absolute atomic E-state index is 12.9. The molecule has 0 amide bonds. The minimum Gasteiger partial charge on any atom is -0.479 e. The second-order valence-corrected chi connectivity index (χ2v) is 10.7. The molecule has 2 aromatic heterocycles. The van der Waals surface area contributed by atoms with Crippen molar-refractivity contribution < 1.29 is 34.1 Å². The first-order valence-electron chi connectivity index (χ1n) is 13.3. The fourth-order valence-corrected chi connectivity index (χ4v) is 4.70. The van der Waals surface area contributed by atoms with E-state index in [4.69, 9.17) is 9.47 Å². The summed E-state index contributed by atoms with van der Waals surface area (Å²) in [7, 11) is 7.82. The molecule has 11 nitrogen and oxygen atoms in total. The number of carbonyl (C=O) groups excluding carboxylic acids is 2. The Bertz CT molecular complexity index is 1450. The van der Waals surface area contributed by atoms with Crippen LogP contribution in [-0.4, -0.2) is 94.8 Å². The van der Waals surface area contributed by atoms with Gasteiger partial charge in [0.25, 0.3) is 0 Å². The van der Waals surface area contributed by atoms with Gasteiger partial charge >= 0.3 is 17.9 Å². The zero-order valence-corrected chi connectivity index (χ0v) is 23.7. The summed E-state index contributed by atoms with van der Waals surface area (Å²) in [5, 5.41) is 22.1. The predicted octanol–water partition coefficient (Wildman–Crippen LogP) is 2.96. The molecule has 11 heteroatoms. The third-order valence-corrected chi connectivity index (χ3v) is 6.87. The lowest BCUT2D eigenvalue weighted by Gasteiger charge is -2.21. The molecule has 41 heavy (non-hydrogen) atoms. The number of benzene rings is 2. The molecule has 4 aromatic rings. The van der Waals surface area contributed by atoms with Gasteiger partial charge in [0.2, 0.25) is 0 Å². The van der Waals surface area contributed by atoms with Crippen molar-refractivity contribution in [3.05, 3.63) is 59.9 Å². The molecule has 0 aliphatic heterocycles. The Kier molecular flexibility index (Phi) is 9.11. The van der Waals surface area contributed by atoms with Crippen LogP contribution in [-0.2, 0) is 27.2 Å². The molecular weight excluding hydrogens is 528 g/mol. The number of carboxylic acid groups (broad SMARTS) is 1. The van der Waals surface area contributed by atoms with Crippen LogP contribution in [0.1, 0.15) is 24.0 Å². The highest BCUT2D eigenvalue weighted by Gasteiger charge is 2.42. The van der Waals surface area contributed by atoms with Crippen LogP contribution in [0.25, 0.3) is 21.8 Å². The van der Waals surface area contributed by atoms with E-state index in [9.17, 15) is 24.6 Å². The Balaban J connectivity index is 1.49. The fraction of sp³-hybridized carbons (Fsp3) is 0.367. The van der Waals surface area contributed by atoms with Crippen molar-refractivity contribution in [2.45, 2.75) is 31.3 Å². The summed E-state index contributed by atoms with van der Waals surface area (Å²) in [6.07, 6.45) is 3.16. The molecule has 4 rings (SSSR count). The average molecular weight is 565 g/mol. The van der Waals surface area contributed by atoms with E-state index in [1.165, 1.54) is 0 Å². The van der Waals surface area contributed by atoms with Crippen LogP contribution in [0.2, 0.25) is 0 Å². The number of ether oxygens (including phenoxy) is 2. The summed E-state index contributed by atoms with van der Waals surface area (Å²) in [4.78, 5) is 48.2. The largest absolute Gasteiger partial charge is 0.479 e. The van der Waals surface area contributed by atoms with Crippen LogP contribution in [0.4, 0.5) is 0 Å². The van der Waals surface area contributed by atoms with E-state index in [-0.39, 0.29) is 11.5 Å². The number of nitrogens with one attached hydrogen (secondary N) is 2. The van der Waals surface area contributed by atoms with Crippen LogP contribution >= 0.6 is 0 Å². The molecule has 0 spiro atoms. The van der Waals surface area contributed by atoms with E-state index in [0.29, 0.717) is 23.6 Å². The number of carboxylic acids is 1. The second kappa shape index (κ2) is 12.5. The lowest BCUT2D eigenvalue weighted by Crippen LogP contribution is -2.44. The smallest absolute Gasteiger partial charge is 0.336 e. The summed E-state index contributed by atoms with van der Waals surface area (Å²) in [5.74, 6) is -3.24. The van der Waals surface area contributed by atoms with E-state index in [2.05, 4.69) is 9.97 Å². The van der Waals surface area contributed by atoms with Gasteiger partial charge in [-0.2, -0.15) is 0 Å². The maximum Gasteiger partial charge on any atom is 0.336 e. The number of aromatic nitrogens is 2. The van der Waals surface area contributed by atoms with Gasteiger partial charge < -0.3 is 39.5 Å². The number of aromatic amines is 2. The first-order valence-corrected chi connectivity index (χ1v) is 13.3. The van der Waals surface area contributed by atoms with Gasteiger partial charge in [0.15, 0.2) is 5.60 Å². The number of H-pyrrole nitrogens is 2. The molecule has 2 aromatic carbocycles. The Morgan fingerprint density at radius 2 is 1.17 bits per heavy atom. The number of rotatable bonds is 13. The van der Waals surface area contributed by atoms with Crippen molar-refractivity contribution in [1.29, 1.82) is 0 Å². The number of hydrogen-bond donors (Lipinski definition) is 4. The van der Waals surface area contributed by atoms with Gasteiger partial charge in [-0.3, -0.25) is 9.59 Å². The Hall–Kier alpha value is -4.19. The summed E-state index contributed by atoms with van der Waals surface area (Å²) in [6, 6.07) is 10.3. The van der Waals surface area contributed by atoms with Crippen molar-refractivity contribution in [1.82, 2.24) is 19.8 Å². The van der Waals surface area contributed by atoms with Gasteiger partial charge in [0.05, 0.1) is 12.8 Å². The van der Waals surface area contributed by atoms with Crippen molar-refractivity contribution in [3.8, 4) is 11.5 Å². The number of carbonyl (C=O) groups is 3. The van der Waals surface area contributed by atoms with Crippen molar-refractivity contribution in [2.24, 2.45) is 0 Å². The Morgan fingerprint density at radius 3 is 1.54 bits per heavy atom. The molecule has 4 N–H and O–H groups in total. The van der Waals surface area contributed by atoms with Crippen molar-refractivity contribution in [3.63, 3.8) is 0 Å². The predicted molar refractivity (Wildman–Crippen MR) is 154 cm³/mol. The SMILES string of the molecule is CN(C)CCc1c[nH]c2cccc(OC(=O)CC(O)(CC(=O)Oc3cccc4[nH]cc(CCN(C)C)c34)C(=O)O)c12. The molecule has 0 unspecified atom stereocenters. The maximum atomic E-state index is 12.9. The molecule has 0 saturated heterocycles. The molecule has 0 fully saturated rings. The zero-order chi connectivity index (χ0) is 29.7. The van der Waals surface area contributed by atoms with E-state index < -0.39 is 36.4 Å². The highest BCUT2D eigenvalue weighted by molar-refractivity contribution is 5.95. The third-order valence-electron chi connectivity index (χ3n) is 6.87. The van der Waals surface area contributed by atoms with Gasteiger partial charge in [-0.05, 0) is 76.4 Å². The monoisotopic (exact) mass is 564 g/mol. The first-order chi connectivity index (χ1) is 19.5. The number of aliphatic carboxylic acids is 1. The van der Waals surface area contributed by atoms with Crippen LogP contribution in [0.5, 0.6) is 11.5 Å². The lowest BCUT2D eigenvalue weighted by molar-refractivity contribution is -0.169. The van der Waals surface area contributed by atoms with Gasteiger partial charge in [-0.1, -0.05) is 12.1 Å². The molecule has 0 saturated carbocycles. The standard InChI is InChI=1S/C30H36N4O7/c1-33(2)13-11-19-17-31-21-7-5-9-23(27(19)21)40-25(35)15-30(39,29(37)38)16-26(36)41-24-10-6-8-22-28(24)20(18-32-22)12-14-34(3)4/h5-10,17-18,31-32,39H,11-16H2,1-4H3,(H,37,38). The molecule has 0 aliphatic rings. The summed E-state index contributed by atoms with van der Waals surface area (Å²) in [5.41, 5.74) is 0.638. The van der Waals surface area contributed by atoms with E-state index in [0.717, 1.165) is 35.2 Å². The van der Waals surface area contributed by atoms with E-state index >= 15 is 0 Å². The van der Waals surface area contributed by atoms with Crippen LogP contribution < -0.4 is 9.47 Å². The lowest BCUT2D eigenvalue weighted by atomic mass is 9.95. The van der Waals surface area contributed by atoms with Gasteiger partial charge in [0, 0.05) is 47.3 Å². The minimum atomic E-state index is -2.73. The third kappa shape index (κ3) is 7.12. The van der Waals surface area contributed by atoms with E-state index in [1.807, 2.05) is 62.5 Å². The molecule has 0 atom stereocenters. The van der Waals surface area contributed by atoms with Gasteiger partial charge in [-0.15, -0.1) is 0 Å². The van der Waals surface area contributed by atoms with Gasteiger partial charge in [0.1, 0.15) is 11.5 Å². The van der Waals surface area contributed by atoms with Gasteiger partial charge in [-0.25, -0.2) is 4.79 Å². The molecule has 0 aliphatic carbocycles. The highest BCUT2D eigenvalue weighted by Crippen LogP contribution is 2.32. The number of aliphatic hydroxyl groups is 1. The first kappa shape index (κ1) is 29.8. The second-order valence-electron chi connectivity index (χ2n) is 10.7. The Labute approximate surface area is 237 Å².